The van der Waals surface area contributed by atoms with Crippen molar-refractivity contribution in [3.8, 4) is 11.4 Å². The fraction of sp³-hybridized carbons (Fsp3) is 0.118. The first-order valence-corrected chi connectivity index (χ1v) is 8.87. The second-order valence-corrected chi connectivity index (χ2v) is 6.72. The van der Waals surface area contributed by atoms with E-state index in [2.05, 4.69) is 54.4 Å². The van der Waals surface area contributed by atoms with E-state index in [0.717, 1.165) is 26.8 Å². The van der Waals surface area contributed by atoms with Gasteiger partial charge in [0.2, 0.25) is 0 Å². The topological polar surface area (TPSA) is 43.6 Å². The number of allylic oxidation sites excluding steroid dienone is 1. The molecule has 0 amide bonds. The van der Waals surface area contributed by atoms with Crippen molar-refractivity contribution >= 4 is 27.7 Å². The van der Waals surface area contributed by atoms with Crippen molar-refractivity contribution in [1.82, 2.24) is 19.7 Å². The Labute approximate surface area is 147 Å². The van der Waals surface area contributed by atoms with E-state index in [-0.39, 0.29) is 0 Å². The minimum atomic E-state index is 0.667. The number of thioether (sulfide) groups is 1. The summed E-state index contributed by atoms with van der Waals surface area (Å²) in [5, 5.41) is 9.54. The molecule has 0 saturated heterocycles. The third-order valence-corrected chi connectivity index (χ3v) is 4.80. The lowest BCUT2D eigenvalue weighted by molar-refractivity contribution is 0.731. The number of rotatable bonds is 6. The molecular formula is C17H15BrN4S. The zero-order valence-electron chi connectivity index (χ0n) is 12.4. The number of aromatic nitrogens is 4. The van der Waals surface area contributed by atoms with Gasteiger partial charge in [-0.3, -0.25) is 9.55 Å². The van der Waals surface area contributed by atoms with E-state index < -0.39 is 0 Å². The molecule has 3 aromatic rings. The maximum atomic E-state index is 4.33. The summed E-state index contributed by atoms with van der Waals surface area (Å²) in [6.45, 7) is 4.50. The average Bonchev–Trinajstić information content (AvgIpc) is 2.98. The predicted molar refractivity (Wildman–Crippen MR) is 97.2 cm³/mol. The molecule has 0 aliphatic carbocycles. The third-order valence-electron chi connectivity index (χ3n) is 3.23. The van der Waals surface area contributed by atoms with Gasteiger partial charge < -0.3 is 0 Å². The van der Waals surface area contributed by atoms with Crippen LogP contribution < -0.4 is 0 Å². The molecule has 23 heavy (non-hydrogen) atoms. The molecule has 2 aromatic heterocycles. The van der Waals surface area contributed by atoms with Crippen LogP contribution in [0, 0.1) is 0 Å². The van der Waals surface area contributed by atoms with Gasteiger partial charge in [0.05, 0.1) is 0 Å². The van der Waals surface area contributed by atoms with Gasteiger partial charge in [0.15, 0.2) is 11.0 Å². The monoisotopic (exact) mass is 386 g/mol. The zero-order valence-corrected chi connectivity index (χ0v) is 14.8. The molecule has 0 aliphatic rings. The first-order valence-electron chi connectivity index (χ1n) is 7.09. The average molecular weight is 387 g/mol. The summed E-state index contributed by atoms with van der Waals surface area (Å²) < 4.78 is 3.15. The van der Waals surface area contributed by atoms with Crippen molar-refractivity contribution < 1.29 is 0 Å². The first-order chi connectivity index (χ1) is 11.3. The van der Waals surface area contributed by atoms with Gasteiger partial charge in [-0.05, 0) is 29.8 Å². The molecule has 3 rings (SSSR count). The van der Waals surface area contributed by atoms with Crippen LogP contribution in [-0.2, 0) is 12.3 Å². The standard InChI is InChI=1S/C17H15BrN4S/c1-2-10-22-16(14-4-3-9-19-11-14)20-21-17(22)23-12-13-5-7-15(18)8-6-13/h2-9,11H,1,10,12H2. The van der Waals surface area contributed by atoms with Gasteiger partial charge in [0.1, 0.15) is 0 Å². The van der Waals surface area contributed by atoms with E-state index in [9.17, 15) is 0 Å². The summed E-state index contributed by atoms with van der Waals surface area (Å²) in [6.07, 6.45) is 5.40. The molecule has 2 heterocycles. The zero-order chi connectivity index (χ0) is 16.1. The fourth-order valence-electron chi connectivity index (χ4n) is 2.13. The van der Waals surface area contributed by atoms with Gasteiger partial charge in [0, 0.05) is 34.7 Å². The molecule has 0 spiro atoms. The van der Waals surface area contributed by atoms with Crippen LogP contribution in [0.5, 0.6) is 0 Å². The molecule has 0 saturated carbocycles. The highest BCUT2D eigenvalue weighted by atomic mass is 79.9. The van der Waals surface area contributed by atoms with Crippen molar-refractivity contribution in [2.45, 2.75) is 17.5 Å². The number of hydrogen-bond donors (Lipinski definition) is 0. The maximum absolute atomic E-state index is 4.33. The highest BCUT2D eigenvalue weighted by Gasteiger charge is 2.13. The molecule has 0 fully saturated rings. The summed E-state index contributed by atoms with van der Waals surface area (Å²) >= 11 is 5.12. The van der Waals surface area contributed by atoms with Crippen LogP contribution in [0.4, 0.5) is 0 Å². The Bertz CT molecular complexity index is 784. The summed E-state index contributed by atoms with van der Waals surface area (Å²) in [6, 6.07) is 12.2. The number of pyridine rings is 1. The lowest BCUT2D eigenvalue weighted by Crippen LogP contribution is -2.00. The molecule has 0 atom stereocenters. The molecule has 0 N–H and O–H groups in total. The van der Waals surface area contributed by atoms with Gasteiger partial charge in [-0.1, -0.05) is 45.9 Å². The highest BCUT2D eigenvalue weighted by molar-refractivity contribution is 9.10. The second kappa shape index (κ2) is 7.57. The van der Waals surface area contributed by atoms with Gasteiger partial charge in [-0.25, -0.2) is 0 Å². The molecule has 116 valence electrons. The van der Waals surface area contributed by atoms with E-state index in [1.807, 2.05) is 30.3 Å². The Morgan fingerprint density at radius 3 is 2.70 bits per heavy atom. The number of benzene rings is 1. The molecule has 4 nitrogen and oxygen atoms in total. The largest absolute Gasteiger partial charge is 0.298 e. The van der Waals surface area contributed by atoms with Crippen molar-refractivity contribution in [2.75, 3.05) is 0 Å². The number of halogens is 1. The van der Waals surface area contributed by atoms with Crippen LogP contribution in [0.2, 0.25) is 0 Å². The summed E-state index contributed by atoms with van der Waals surface area (Å²) in [7, 11) is 0. The number of nitrogens with zero attached hydrogens (tertiary/aromatic N) is 4. The lowest BCUT2D eigenvalue weighted by Gasteiger charge is -2.07. The second-order valence-electron chi connectivity index (χ2n) is 4.86. The highest BCUT2D eigenvalue weighted by Crippen LogP contribution is 2.26. The van der Waals surface area contributed by atoms with E-state index >= 15 is 0 Å². The molecule has 0 radical (unpaired) electrons. The van der Waals surface area contributed by atoms with Crippen LogP contribution in [0.1, 0.15) is 5.56 Å². The first kappa shape index (κ1) is 16.0. The SMILES string of the molecule is C=CCn1c(SCc2ccc(Br)cc2)nnc1-c1cccnc1. The Morgan fingerprint density at radius 2 is 2.00 bits per heavy atom. The van der Waals surface area contributed by atoms with Gasteiger partial charge >= 0.3 is 0 Å². The predicted octanol–water partition coefficient (Wildman–Crippen LogP) is 4.58. The third kappa shape index (κ3) is 3.89. The van der Waals surface area contributed by atoms with Crippen molar-refractivity contribution in [1.29, 1.82) is 0 Å². The van der Waals surface area contributed by atoms with Crippen LogP contribution in [0.3, 0.4) is 0 Å². The maximum Gasteiger partial charge on any atom is 0.192 e. The van der Waals surface area contributed by atoms with Crippen LogP contribution in [-0.4, -0.2) is 19.7 Å². The molecular weight excluding hydrogens is 372 g/mol. The Morgan fingerprint density at radius 1 is 1.17 bits per heavy atom. The fourth-order valence-corrected chi connectivity index (χ4v) is 3.29. The van der Waals surface area contributed by atoms with Crippen LogP contribution >= 0.6 is 27.7 Å². The Kier molecular flexibility index (Phi) is 5.25. The van der Waals surface area contributed by atoms with Crippen LogP contribution in [0.25, 0.3) is 11.4 Å². The van der Waals surface area contributed by atoms with E-state index in [4.69, 9.17) is 0 Å². The van der Waals surface area contributed by atoms with E-state index in [1.54, 1.807) is 24.2 Å². The molecule has 0 aliphatic heterocycles. The van der Waals surface area contributed by atoms with Gasteiger partial charge in [-0.2, -0.15) is 0 Å². The molecule has 0 bridgehead atoms. The van der Waals surface area contributed by atoms with Crippen LogP contribution in [0.15, 0.2) is 71.1 Å². The minimum absolute atomic E-state index is 0.667. The minimum Gasteiger partial charge on any atom is -0.298 e. The molecule has 0 unspecified atom stereocenters. The van der Waals surface area contributed by atoms with Crippen molar-refractivity contribution in [2.24, 2.45) is 0 Å². The normalized spacial score (nSPS) is 10.7. The summed E-state index contributed by atoms with van der Waals surface area (Å²) in [5.74, 6) is 1.66. The quantitative estimate of drug-likeness (QED) is 0.459. The van der Waals surface area contributed by atoms with Gasteiger partial charge in [-0.15, -0.1) is 16.8 Å². The molecule has 6 heteroatoms. The van der Waals surface area contributed by atoms with E-state index in [1.165, 1.54) is 5.56 Å². The smallest absolute Gasteiger partial charge is 0.192 e. The Balaban J connectivity index is 1.83. The van der Waals surface area contributed by atoms with Crippen molar-refractivity contribution in [3.63, 3.8) is 0 Å². The molecule has 1 aromatic carbocycles. The Hall–Kier alpha value is -1.92. The number of hydrogen-bond acceptors (Lipinski definition) is 4. The van der Waals surface area contributed by atoms with Crippen molar-refractivity contribution in [3.05, 3.63) is 71.5 Å². The van der Waals surface area contributed by atoms with Gasteiger partial charge in [0.25, 0.3) is 0 Å². The summed E-state index contributed by atoms with van der Waals surface area (Å²) in [4.78, 5) is 4.16. The lowest BCUT2D eigenvalue weighted by atomic mass is 10.2. The van der Waals surface area contributed by atoms with E-state index in [0.29, 0.717) is 6.54 Å². The summed E-state index contributed by atoms with van der Waals surface area (Å²) in [5.41, 5.74) is 2.20.